The molecular weight excluding hydrogens is 180 g/mol. The highest BCUT2D eigenvalue weighted by Crippen LogP contribution is 2.28. The first-order valence-corrected chi connectivity index (χ1v) is 4.97. The standard InChI is InChI=1S/C11H20O3/c1-6-9(12-5)10-8(2)7-13-11(3,4)14-10/h6,8-10H,1,7H2,2-5H3/t8-,9-,10+/m0/s1. The average Bonchev–Trinajstić information content (AvgIpc) is 2.13. The third-order valence-electron chi connectivity index (χ3n) is 2.50. The highest BCUT2D eigenvalue weighted by Gasteiger charge is 2.37. The molecule has 0 aromatic rings. The van der Waals surface area contributed by atoms with Gasteiger partial charge in [-0.3, -0.25) is 0 Å². The van der Waals surface area contributed by atoms with Gasteiger partial charge in [0.1, 0.15) is 6.10 Å². The van der Waals surface area contributed by atoms with E-state index in [1.807, 2.05) is 13.8 Å². The fourth-order valence-electron chi connectivity index (χ4n) is 1.66. The van der Waals surface area contributed by atoms with Gasteiger partial charge in [-0.05, 0) is 13.8 Å². The molecule has 3 nitrogen and oxygen atoms in total. The fraction of sp³-hybridized carbons (Fsp3) is 0.818. The lowest BCUT2D eigenvalue weighted by Gasteiger charge is -2.41. The Morgan fingerprint density at radius 1 is 1.57 bits per heavy atom. The van der Waals surface area contributed by atoms with Crippen LogP contribution in [-0.4, -0.2) is 31.7 Å². The van der Waals surface area contributed by atoms with E-state index in [1.54, 1.807) is 13.2 Å². The minimum Gasteiger partial charge on any atom is -0.375 e. The SMILES string of the molecule is C=C[C@H](OC)[C@@H]1OC(C)(C)OC[C@@H]1C. The van der Waals surface area contributed by atoms with Crippen molar-refractivity contribution >= 4 is 0 Å². The Morgan fingerprint density at radius 2 is 2.21 bits per heavy atom. The van der Waals surface area contributed by atoms with Crippen LogP contribution < -0.4 is 0 Å². The van der Waals surface area contributed by atoms with Crippen molar-refractivity contribution in [1.82, 2.24) is 0 Å². The first-order valence-electron chi connectivity index (χ1n) is 4.97. The Morgan fingerprint density at radius 3 is 2.71 bits per heavy atom. The summed E-state index contributed by atoms with van der Waals surface area (Å²) in [5.41, 5.74) is 0. The molecule has 0 saturated carbocycles. The van der Waals surface area contributed by atoms with Gasteiger partial charge in [0, 0.05) is 13.0 Å². The molecule has 1 aliphatic rings. The van der Waals surface area contributed by atoms with Gasteiger partial charge < -0.3 is 14.2 Å². The summed E-state index contributed by atoms with van der Waals surface area (Å²) in [6.07, 6.45) is 1.75. The summed E-state index contributed by atoms with van der Waals surface area (Å²) in [5, 5.41) is 0. The summed E-state index contributed by atoms with van der Waals surface area (Å²) >= 11 is 0. The molecule has 1 fully saturated rings. The third-order valence-corrected chi connectivity index (χ3v) is 2.50. The molecule has 1 aliphatic heterocycles. The van der Waals surface area contributed by atoms with E-state index < -0.39 is 5.79 Å². The Hall–Kier alpha value is -0.380. The van der Waals surface area contributed by atoms with E-state index in [2.05, 4.69) is 13.5 Å². The van der Waals surface area contributed by atoms with E-state index in [9.17, 15) is 0 Å². The van der Waals surface area contributed by atoms with E-state index in [0.717, 1.165) is 0 Å². The lowest BCUT2D eigenvalue weighted by Crippen LogP contribution is -2.49. The van der Waals surface area contributed by atoms with Crippen LogP contribution in [0.5, 0.6) is 0 Å². The van der Waals surface area contributed by atoms with E-state index in [0.29, 0.717) is 12.5 Å². The molecule has 1 saturated heterocycles. The van der Waals surface area contributed by atoms with Crippen molar-refractivity contribution in [3.63, 3.8) is 0 Å². The molecule has 3 atom stereocenters. The molecule has 1 heterocycles. The van der Waals surface area contributed by atoms with Gasteiger partial charge in [0.15, 0.2) is 5.79 Å². The number of ether oxygens (including phenoxy) is 3. The Kier molecular flexibility index (Phi) is 3.70. The lowest BCUT2D eigenvalue weighted by atomic mass is 9.98. The van der Waals surface area contributed by atoms with Crippen LogP contribution >= 0.6 is 0 Å². The van der Waals surface area contributed by atoms with Crippen LogP contribution in [0.1, 0.15) is 20.8 Å². The monoisotopic (exact) mass is 200 g/mol. The Labute approximate surface area is 86.0 Å². The fourth-order valence-corrected chi connectivity index (χ4v) is 1.66. The molecule has 0 aliphatic carbocycles. The maximum atomic E-state index is 5.81. The molecule has 0 bridgehead atoms. The van der Waals surface area contributed by atoms with Gasteiger partial charge in [0.05, 0.1) is 12.7 Å². The maximum Gasteiger partial charge on any atom is 0.163 e. The van der Waals surface area contributed by atoms with Crippen molar-refractivity contribution < 1.29 is 14.2 Å². The maximum absolute atomic E-state index is 5.81. The molecule has 3 heteroatoms. The second kappa shape index (κ2) is 4.43. The molecule has 0 amide bonds. The number of hydrogen-bond acceptors (Lipinski definition) is 3. The van der Waals surface area contributed by atoms with E-state index in [1.165, 1.54) is 0 Å². The van der Waals surface area contributed by atoms with Crippen LogP contribution in [-0.2, 0) is 14.2 Å². The Balaban J connectivity index is 2.69. The second-order valence-electron chi connectivity index (χ2n) is 4.21. The molecule has 0 radical (unpaired) electrons. The highest BCUT2D eigenvalue weighted by molar-refractivity contribution is 4.91. The van der Waals surface area contributed by atoms with Gasteiger partial charge in [-0.15, -0.1) is 6.58 Å². The largest absolute Gasteiger partial charge is 0.375 e. The summed E-state index contributed by atoms with van der Waals surface area (Å²) < 4.78 is 16.7. The summed E-state index contributed by atoms with van der Waals surface area (Å²) in [7, 11) is 1.67. The molecule has 0 unspecified atom stereocenters. The van der Waals surface area contributed by atoms with Crippen LogP contribution in [0.15, 0.2) is 12.7 Å². The molecule has 0 N–H and O–H groups in total. The second-order valence-corrected chi connectivity index (χ2v) is 4.21. The molecule has 0 aromatic heterocycles. The summed E-state index contributed by atoms with van der Waals surface area (Å²) in [4.78, 5) is 0. The minimum atomic E-state index is -0.517. The van der Waals surface area contributed by atoms with Gasteiger partial charge >= 0.3 is 0 Å². The minimum absolute atomic E-state index is 0.0289. The number of rotatable bonds is 3. The van der Waals surface area contributed by atoms with Crippen LogP contribution in [0.3, 0.4) is 0 Å². The molecule has 1 rings (SSSR count). The summed E-state index contributed by atoms with van der Waals surface area (Å²) in [6.45, 7) is 10.4. The normalized spacial score (nSPS) is 33.7. The van der Waals surface area contributed by atoms with Crippen molar-refractivity contribution in [1.29, 1.82) is 0 Å². The topological polar surface area (TPSA) is 27.7 Å². The van der Waals surface area contributed by atoms with Crippen molar-refractivity contribution in [3.05, 3.63) is 12.7 Å². The van der Waals surface area contributed by atoms with E-state index in [-0.39, 0.29) is 12.2 Å². The van der Waals surface area contributed by atoms with E-state index in [4.69, 9.17) is 14.2 Å². The molecule has 0 aromatic carbocycles. The third kappa shape index (κ3) is 2.56. The van der Waals surface area contributed by atoms with Crippen LogP contribution in [0, 0.1) is 5.92 Å². The van der Waals surface area contributed by atoms with E-state index >= 15 is 0 Å². The number of methoxy groups -OCH3 is 1. The van der Waals surface area contributed by atoms with Gasteiger partial charge in [-0.2, -0.15) is 0 Å². The zero-order chi connectivity index (χ0) is 10.8. The van der Waals surface area contributed by atoms with Gasteiger partial charge in [0.25, 0.3) is 0 Å². The quantitative estimate of drug-likeness (QED) is 0.652. The van der Waals surface area contributed by atoms with Crippen molar-refractivity contribution in [2.24, 2.45) is 5.92 Å². The predicted molar refractivity (Wildman–Crippen MR) is 55.1 cm³/mol. The van der Waals surface area contributed by atoms with Gasteiger partial charge in [-0.1, -0.05) is 13.0 Å². The Bertz CT molecular complexity index is 201. The first kappa shape index (κ1) is 11.7. The van der Waals surface area contributed by atoms with Crippen LogP contribution in [0.4, 0.5) is 0 Å². The molecule has 82 valence electrons. The first-order chi connectivity index (χ1) is 6.50. The zero-order valence-electron chi connectivity index (χ0n) is 9.45. The molecule has 14 heavy (non-hydrogen) atoms. The van der Waals surface area contributed by atoms with Crippen LogP contribution in [0.2, 0.25) is 0 Å². The predicted octanol–water partition coefficient (Wildman–Crippen LogP) is 1.97. The highest BCUT2D eigenvalue weighted by atomic mass is 16.7. The van der Waals surface area contributed by atoms with Gasteiger partial charge in [0.2, 0.25) is 0 Å². The van der Waals surface area contributed by atoms with Crippen molar-refractivity contribution in [3.8, 4) is 0 Å². The average molecular weight is 200 g/mol. The molecular formula is C11H20O3. The molecule has 0 spiro atoms. The smallest absolute Gasteiger partial charge is 0.163 e. The van der Waals surface area contributed by atoms with Gasteiger partial charge in [-0.25, -0.2) is 0 Å². The zero-order valence-corrected chi connectivity index (χ0v) is 9.45. The number of hydrogen-bond donors (Lipinski definition) is 0. The van der Waals surface area contributed by atoms with Crippen LogP contribution in [0.25, 0.3) is 0 Å². The lowest BCUT2D eigenvalue weighted by molar-refractivity contribution is -0.303. The van der Waals surface area contributed by atoms with Crippen molar-refractivity contribution in [2.75, 3.05) is 13.7 Å². The summed E-state index contributed by atoms with van der Waals surface area (Å²) in [6, 6.07) is 0. The summed E-state index contributed by atoms with van der Waals surface area (Å²) in [5.74, 6) is -0.192. The van der Waals surface area contributed by atoms with Crippen molar-refractivity contribution in [2.45, 2.75) is 38.8 Å².